The topological polar surface area (TPSA) is 67.5 Å². The number of nitro benzene ring substituents is 1. The number of allylic oxidation sites excluding steroid dienone is 2. The molecule has 0 heterocycles. The van der Waals surface area contributed by atoms with Crippen molar-refractivity contribution in [2.45, 2.75) is 0 Å². The Bertz CT molecular complexity index is 959. The van der Waals surface area contributed by atoms with E-state index in [2.05, 4.69) is 10.5 Å². The van der Waals surface area contributed by atoms with Crippen molar-refractivity contribution in [2.24, 2.45) is 5.10 Å². The lowest BCUT2D eigenvalue weighted by Gasteiger charge is -2.03. The normalized spacial score (nSPS) is 11.8. The maximum Gasteiger partial charge on any atom is 0.294 e. The minimum absolute atomic E-state index is 0.0234. The Labute approximate surface area is 163 Å². The third-order valence-electron chi connectivity index (χ3n) is 3.90. The first-order chi connectivity index (χ1) is 13.7. The minimum atomic E-state index is -0.433. The molecule has 0 aliphatic rings. The molecule has 0 bridgehead atoms. The van der Waals surface area contributed by atoms with E-state index >= 15 is 0 Å². The molecule has 0 aromatic heterocycles. The van der Waals surface area contributed by atoms with Crippen molar-refractivity contribution in [3.8, 4) is 0 Å². The standard InChI is InChI=1S/C23H19N3O2/c27-26(28)23-14-8-7-13-22(23)25-24-21(17-15-19-9-3-1-4-10-19)18-16-20-11-5-2-6-12-20/h1-18,25H/b17-15-,18-16+,24-21?. The van der Waals surface area contributed by atoms with Gasteiger partial charge < -0.3 is 0 Å². The predicted octanol–water partition coefficient (Wildman–Crippen LogP) is 5.79. The number of hydrazone groups is 1. The van der Waals surface area contributed by atoms with Crippen molar-refractivity contribution in [1.29, 1.82) is 0 Å². The molecule has 0 fully saturated rings. The first-order valence-electron chi connectivity index (χ1n) is 8.76. The van der Waals surface area contributed by atoms with Crippen molar-refractivity contribution in [1.82, 2.24) is 0 Å². The Morgan fingerprint density at radius 3 is 1.82 bits per heavy atom. The lowest BCUT2D eigenvalue weighted by atomic mass is 10.1. The minimum Gasteiger partial charge on any atom is -0.271 e. The second-order valence-electron chi connectivity index (χ2n) is 5.91. The molecule has 1 N–H and O–H groups in total. The van der Waals surface area contributed by atoms with E-state index in [0.717, 1.165) is 11.1 Å². The van der Waals surface area contributed by atoms with Crippen LogP contribution in [0.4, 0.5) is 11.4 Å². The van der Waals surface area contributed by atoms with Crippen LogP contribution >= 0.6 is 0 Å². The monoisotopic (exact) mass is 369 g/mol. The molecular formula is C23H19N3O2. The molecule has 0 saturated heterocycles. The summed E-state index contributed by atoms with van der Waals surface area (Å²) in [6.07, 6.45) is 7.59. The van der Waals surface area contributed by atoms with Crippen LogP contribution in [0.1, 0.15) is 11.1 Å². The van der Waals surface area contributed by atoms with Crippen LogP contribution in [-0.4, -0.2) is 10.6 Å². The smallest absolute Gasteiger partial charge is 0.271 e. The lowest BCUT2D eigenvalue weighted by Crippen LogP contribution is -1.99. The molecule has 3 aromatic carbocycles. The summed E-state index contributed by atoms with van der Waals surface area (Å²) in [6.45, 7) is 0. The molecular weight excluding hydrogens is 350 g/mol. The van der Waals surface area contributed by atoms with Gasteiger partial charge in [-0.05, 0) is 29.3 Å². The third kappa shape index (κ3) is 5.51. The zero-order valence-corrected chi connectivity index (χ0v) is 15.1. The molecule has 3 aromatic rings. The van der Waals surface area contributed by atoms with Crippen LogP contribution in [0.2, 0.25) is 0 Å². The number of hydrogen-bond acceptors (Lipinski definition) is 4. The summed E-state index contributed by atoms with van der Waals surface area (Å²) in [4.78, 5) is 10.7. The summed E-state index contributed by atoms with van der Waals surface area (Å²) in [5.41, 5.74) is 5.83. The van der Waals surface area contributed by atoms with E-state index < -0.39 is 4.92 Å². The van der Waals surface area contributed by atoms with E-state index in [1.54, 1.807) is 18.2 Å². The van der Waals surface area contributed by atoms with Gasteiger partial charge in [-0.15, -0.1) is 0 Å². The van der Waals surface area contributed by atoms with Crippen LogP contribution in [0.15, 0.2) is 102 Å². The summed E-state index contributed by atoms with van der Waals surface area (Å²) in [7, 11) is 0. The van der Waals surface area contributed by atoms with Crippen molar-refractivity contribution in [3.05, 3.63) is 118 Å². The molecule has 3 rings (SSSR count). The molecule has 28 heavy (non-hydrogen) atoms. The van der Waals surface area contributed by atoms with Gasteiger partial charge in [-0.3, -0.25) is 15.5 Å². The van der Waals surface area contributed by atoms with Crippen LogP contribution in [0.25, 0.3) is 12.2 Å². The number of nitro groups is 1. The van der Waals surface area contributed by atoms with E-state index in [0.29, 0.717) is 11.4 Å². The van der Waals surface area contributed by atoms with Crippen molar-refractivity contribution >= 4 is 29.2 Å². The summed E-state index contributed by atoms with van der Waals surface area (Å²) in [5.74, 6) is 0. The fourth-order valence-corrected chi connectivity index (χ4v) is 2.47. The van der Waals surface area contributed by atoms with Crippen molar-refractivity contribution in [3.63, 3.8) is 0 Å². The molecule has 0 aliphatic heterocycles. The van der Waals surface area contributed by atoms with E-state index in [4.69, 9.17) is 0 Å². The average molecular weight is 369 g/mol. The zero-order valence-electron chi connectivity index (χ0n) is 15.1. The summed E-state index contributed by atoms with van der Waals surface area (Å²) >= 11 is 0. The maximum absolute atomic E-state index is 11.2. The number of nitrogens with one attached hydrogen (secondary N) is 1. The number of anilines is 1. The van der Waals surface area contributed by atoms with E-state index in [1.165, 1.54) is 6.07 Å². The zero-order chi connectivity index (χ0) is 19.6. The fourth-order valence-electron chi connectivity index (χ4n) is 2.47. The highest BCUT2D eigenvalue weighted by molar-refractivity contribution is 6.09. The van der Waals surface area contributed by atoms with Gasteiger partial charge in [0.15, 0.2) is 0 Å². The molecule has 0 saturated carbocycles. The van der Waals surface area contributed by atoms with E-state index in [-0.39, 0.29) is 5.69 Å². The molecule has 5 heteroatoms. The van der Waals surface area contributed by atoms with Gasteiger partial charge in [0.05, 0.1) is 10.6 Å². The molecule has 5 nitrogen and oxygen atoms in total. The van der Waals surface area contributed by atoms with Gasteiger partial charge in [0.25, 0.3) is 5.69 Å². The number of rotatable bonds is 7. The summed E-state index contributed by atoms with van der Waals surface area (Å²) < 4.78 is 0. The van der Waals surface area contributed by atoms with Gasteiger partial charge in [-0.1, -0.05) is 84.9 Å². The van der Waals surface area contributed by atoms with E-state index in [9.17, 15) is 10.1 Å². The average Bonchev–Trinajstić information content (AvgIpc) is 2.75. The predicted molar refractivity (Wildman–Crippen MR) is 115 cm³/mol. The lowest BCUT2D eigenvalue weighted by molar-refractivity contribution is -0.384. The van der Waals surface area contributed by atoms with Crippen LogP contribution < -0.4 is 5.43 Å². The fraction of sp³-hybridized carbons (Fsp3) is 0. The number of benzene rings is 3. The third-order valence-corrected chi connectivity index (χ3v) is 3.90. The largest absolute Gasteiger partial charge is 0.294 e. The van der Waals surface area contributed by atoms with Gasteiger partial charge in [0.2, 0.25) is 0 Å². The maximum atomic E-state index is 11.2. The molecule has 0 radical (unpaired) electrons. The SMILES string of the molecule is O=[N+]([O-])c1ccccc1NN=C(/C=C\c1ccccc1)/C=C/c1ccccc1. The van der Waals surface area contributed by atoms with E-state index in [1.807, 2.05) is 85.0 Å². The highest BCUT2D eigenvalue weighted by atomic mass is 16.6. The highest BCUT2D eigenvalue weighted by Gasteiger charge is 2.11. The van der Waals surface area contributed by atoms with Gasteiger partial charge in [0, 0.05) is 6.07 Å². The number of nitrogens with zero attached hydrogens (tertiary/aromatic N) is 2. The van der Waals surface area contributed by atoms with Crippen LogP contribution in [0.5, 0.6) is 0 Å². The Balaban J connectivity index is 1.87. The highest BCUT2D eigenvalue weighted by Crippen LogP contribution is 2.23. The molecule has 0 aliphatic carbocycles. The molecule has 0 atom stereocenters. The molecule has 0 unspecified atom stereocenters. The van der Waals surface area contributed by atoms with Gasteiger partial charge in [0.1, 0.15) is 5.69 Å². The Kier molecular flexibility index (Phi) is 6.47. The number of hydrogen-bond donors (Lipinski definition) is 1. The Morgan fingerprint density at radius 1 is 0.786 bits per heavy atom. The first kappa shape index (κ1) is 18.8. The van der Waals surface area contributed by atoms with Crippen molar-refractivity contribution < 1.29 is 4.92 Å². The van der Waals surface area contributed by atoms with Crippen LogP contribution in [0, 0.1) is 10.1 Å². The summed E-state index contributed by atoms with van der Waals surface area (Å²) in [6, 6.07) is 26.1. The second kappa shape index (κ2) is 9.64. The first-order valence-corrected chi connectivity index (χ1v) is 8.76. The summed E-state index contributed by atoms with van der Waals surface area (Å²) in [5, 5.41) is 15.5. The molecule has 138 valence electrons. The number of para-hydroxylation sites is 2. The van der Waals surface area contributed by atoms with Gasteiger partial charge in [-0.25, -0.2) is 0 Å². The second-order valence-corrected chi connectivity index (χ2v) is 5.91. The van der Waals surface area contributed by atoms with Crippen LogP contribution in [0.3, 0.4) is 0 Å². The van der Waals surface area contributed by atoms with Crippen LogP contribution in [-0.2, 0) is 0 Å². The van der Waals surface area contributed by atoms with Crippen molar-refractivity contribution in [2.75, 3.05) is 5.43 Å². The van der Waals surface area contributed by atoms with Gasteiger partial charge in [-0.2, -0.15) is 5.10 Å². The quantitative estimate of drug-likeness (QED) is 0.326. The Morgan fingerprint density at radius 2 is 1.29 bits per heavy atom. The van der Waals surface area contributed by atoms with Gasteiger partial charge >= 0.3 is 0 Å². The molecule has 0 amide bonds. The molecule has 0 spiro atoms. The Hall–Kier alpha value is -3.99.